The van der Waals surface area contributed by atoms with Gasteiger partial charge in [0.1, 0.15) is 5.69 Å². The number of amides is 1. The first-order valence-electron chi connectivity index (χ1n) is 9.75. The zero-order valence-electron chi connectivity index (χ0n) is 16.6. The first-order chi connectivity index (χ1) is 13.6. The highest BCUT2D eigenvalue weighted by Gasteiger charge is 2.18. The number of carbonyl (C=O) groups excluding carboxylic acids is 1. The van der Waals surface area contributed by atoms with Crippen LogP contribution >= 0.6 is 0 Å². The van der Waals surface area contributed by atoms with Gasteiger partial charge in [0.05, 0.1) is 12.1 Å². The molecule has 28 heavy (non-hydrogen) atoms. The second-order valence-corrected chi connectivity index (χ2v) is 7.19. The third-order valence-electron chi connectivity index (χ3n) is 4.71. The molecule has 0 aliphatic carbocycles. The molecule has 146 valence electrons. The van der Waals surface area contributed by atoms with Gasteiger partial charge < -0.3 is 11.1 Å². The molecule has 5 heteroatoms. The Morgan fingerprint density at radius 2 is 1.64 bits per heavy atom. The third kappa shape index (κ3) is 5.08. The molecule has 5 nitrogen and oxygen atoms in total. The van der Waals surface area contributed by atoms with Crippen LogP contribution in [-0.2, 0) is 6.54 Å². The molecule has 3 aromatic rings. The zero-order chi connectivity index (χ0) is 19.9. The monoisotopic (exact) mass is 376 g/mol. The molecule has 3 N–H and O–H groups in total. The van der Waals surface area contributed by atoms with Crippen LogP contribution in [0.1, 0.15) is 39.9 Å². The van der Waals surface area contributed by atoms with E-state index in [1.165, 1.54) is 11.1 Å². The van der Waals surface area contributed by atoms with E-state index in [2.05, 4.69) is 36.5 Å². The zero-order valence-corrected chi connectivity index (χ0v) is 16.6. The maximum Gasteiger partial charge on any atom is 0.255 e. The van der Waals surface area contributed by atoms with Gasteiger partial charge in [0.15, 0.2) is 0 Å². The minimum absolute atomic E-state index is 0.0947. The fourth-order valence-corrected chi connectivity index (χ4v) is 3.04. The van der Waals surface area contributed by atoms with Crippen LogP contribution in [0.4, 0.5) is 0 Å². The Kier molecular flexibility index (Phi) is 6.61. The van der Waals surface area contributed by atoms with Crippen LogP contribution in [0.25, 0.3) is 11.3 Å². The van der Waals surface area contributed by atoms with Gasteiger partial charge in [-0.25, -0.2) is 0 Å². The van der Waals surface area contributed by atoms with Crippen molar-refractivity contribution in [1.82, 2.24) is 15.1 Å². The van der Waals surface area contributed by atoms with E-state index in [9.17, 15) is 4.79 Å². The minimum atomic E-state index is -0.0947. The summed E-state index contributed by atoms with van der Waals surface area (Å²) >= 11 is 0. The van der Waals surface area contributed by atoms with Crippen molar-refractivity contribution in [3.05, 3.63) is 77.0 Å². The summed E-state index contributed by atoms with van der Waals surface area (Å²) in [6.45, 7) is 6.00. The van der Waals surface area contributed by atoms with E-state index >= 15 is 0 Å². The molecule has 1 aromatic heterocycles. The number of nitrogens with two attached hydrogens (primary N) is 1. The Hall–Kier alpha value is -2.92. The molecule has 0 spiro atoms. The van der Waals surface area contributed by atoms with Crippen molar-refractivity contribution in [1.29, 1.82) is 0 Å². The van der Waals surface area contributed by atoms with Crippen LogP contribution < -0.4 is 11.1 Å². The van der Waals surface area contributed by atoms with Gasteiger partial charge in [-0.15, -0.1) is 0 Å². The molecule has 1 amide bonds. The van der Waals surface area contributed by atoms with E-state index in [4.69, 9.17) is 10.8 Å². The Morgan fingerprint density at radius 3 is 2.29 bits per heavy atom. The number of unbranched alkanes of at least 4 members (excludes halogenated alkanes) is 1. The molecule has 3 rings (SSSR count). The van der Waals surface area contributed by atoms with E-state index in [-0.39, 0.29) is 5.91 Å². The van der Waals surface area contributed by atoms with E-state index in [1.54, 1.807) is 0 Å². The van der Waals surface area contributed by atoms with Crippen molar-refractivity contribution in [2.45, 2.75) is 33.2 Å². The van der Waals surface area contributed by atoms with Crippen molar-refractivity contribution in [2.75, 3.05) is 13.1 Å². The smallest absolute Gasteiger partial charge is 0.255 e. The summed E-state index contributed by atoms with van der Waals surface area (Å²) in [7, 11) is 0. The number of benzene rings is 2. The number of aromatic nitrogens is 2. The van der Waals surface area contributed by atoms with Crippen LogP contribution in [0, 0.1) is 13.8 Å². The second-order valence-electron chi connectivity index (χ2n) is 7.19. The Labute approximate surface area is 166 Å². The van der Waals surface area contributed by atoms with Crippen molar-refractivity contribution < 1.29 is 4.79 Å². The van der Waals surface area contributed by atoms with E-state index in [0.717, 1.165) is 24.0 Å². The van der Waals surface area contributed by atoms with Gasteiger partial charge in [0.2, 0.25) is 0 Å². The number of carbonyl (C=O) groups is 1. The first kappa shape index (κ1) is 19.8. The highest BCUT2D eigenvalue weighted by atomic mass is 16.1. The van der Waals surface area contributed by atoms with Crippen molar-refractivity contribution in [3.63, 3.8) is 0 Å². The summed E-state index contributed by atoms with van der Waals surface area (Å²) < 4.78 is 1.84. The van der Waals surface area contributed by atoms with Crippen LogP contribution in [0.15, 0.2) is 54.7 Å². The Balaban J connectivity index is 1.86. The summed E-state index contributed by atoms with van der Waals surface area (Å²) in [6, 6.07) is 16.5. The van der Waals surface area contributed by atoms with E-state index in [0.29, 0.717) is 30.9 Å². The topological polar surface area (TPSA) is 72.9 Å². The van der Waals surface area contributed by atoms with Gasteiger partial charge in [-0.05, 0) is 38.8 Å². The summed E-state index contributed by atoms with van der Waals surface area (Å²) in [5, 5.41) is 7.72. The summed E-state index contributed by atoms with van der Waals surface area (Å²) in [5.74, 6) is -0.0947. The number of nitrogens with one attached hydrogen (secondary N) is 1. The molecule has 0 aliphatic rings. The summed E-state index contributed by atoms with van der Waals surface area (Å²) in [6.07, 6.45) is 3.62. The quantitative estimate of drug-likeness (QED) is 0.589. The third-order valence-corrected chi connectivity index (χ3v) is 4.71. The number of rotatable bonds is 8. The summed E-state index contributed by atoms with van der Waals surface area (Å²) in [5.41, 5.74) is 11.3. The summed E-state index contributed by atoms with van der Waals surface area (Å²) in [4.78, 5) is 12.8. The lowest BCUT2D eigenvalue weighted by atomic mass is 10.1. The largest absolute Gasteiger partial charge is 0.352 e. The maximum absolute atomic E-state index is 12.8. The molecule has 0 atom stereocenters. The van der Waals surface area contributed by atoms with E-state index in [1.807, 2.05) is 42.1 Å². The average molecular weight is 377 g/mol. The predicted molar refractivity (Wildman–Crippen MR) is 113 cm³/mol. The van der Waals surface area contributed by atoms with Gasteiger partial charge in [0.25, 0.3) is 5.91 Å². The second kappa shape index (κ2) is 9.33. The van der Waals surface area contributed by atoms with Crippen LogP contribution in [-0.4, -0.2) is 28.8 Å². The van der Waals surface area contributed by atoms with Gasteiger partial charge in [0, 0.05) is 18.3 Å². The van der Waals surface area contributed by atoms with Gasteiger partial charge in [-0.1, -0.05) is 59.7 Å². The molecule has 0 radical (unpaired) electrons. The molecule has 0 saturated heterocycles. The number of aryl methyl sites for hydroxylation is 2. The molecule has 0 bridgehead atoms. The highest BCUT2D eigenvalue weighted by Crippen LogP contribution is 2.23. The molecule has 1 heterocycles. The normalized spacial score (nSPS) is 10.8. The lowest BCUT2D eigenvalue weighted by molar-refractivity contribution is 0.0953. The molecule has 0 aliphatic heterocycles. The first-order valence-corrected chi connectivity index (χ1v) is 9.75. The molecule has 0 saturated carbocycles. The van der Waals surface area contributed by atoms with Crippen LogP contribution in [0.2, 0.25) is 0 Å². The SMILES string of the molecule is Cc1ccc(Cn2cc(C(=O)NCCCCN)c(-c3ccc(C)cc3)n2)cc1. The highest BCUT2D eigenvalue weighted by molar-refractivity contribution is 5.99. The lowest BCUT2D eigenvalue weighted by Crippen LogP contribution is -2.25. The molecular formula is C23H28N4O. The molecule has 0 unspecified atom stereocenters. The van der Waals surface area contributed by atoms with Gasteiger partial charge in [-0.3, -0.25) is 9.48 Å². The minimum Gasteiger partial charge on any atom is -0.352 e. The number of nitrogens with zero attached hydrogens (tertiary/aromatic N) is 2. The van der Waals surface area contributed by atoms with Crippen molar-refractivity contribution in [3.8, 4) is 11.3 Å². The molecule has 2 aromatic carbocycles. The van der Waals surface area contributed by atoms with Gasteiger partial charge in [-0.2, -0.15) is 5.10 Å². The molecular weight excluding hydrogens is 348 g/mol. The fraction of sp³-hybridized carbons (Fsp3) is 0.304. The average Bonchev–Trinajstić information content (AvgIpc) is 3.11. The number of hydrogen-bond donors (Lipinski definition) is 2. The van der Waals surface area contributed by atoms with Crippen molar-refractivity contribution >= 4 is 5.91 Å². The Morgan fingerprint density at radius 1 is 1.00 bits per heavy atom. The fourth-order valence-electron chi connectivity index (χ4n) is 3.04. The van der Waals surface area contributed by atoms with E-state index < -0.39 is 0 Å². The molecule has 0 fully saturated rings. The van der Waals surface area contributed by atoms with Crippen LogP contribution in [0.5, 0.6) is 0 Å². The lowest BCUT2D eigenvalue weighted by Gasteiger charge is -2.05. The standard InChI is InChI=1S/C23H28N4O/c1-17-5-9-19(10-6-17)15-27-16-21(23(28)25-14-4-3-13-24)22(26-27)20-11-7-18(2)8-12-20/h5-12,16H,3-4,13-15,24H2,1-2H3,(H,25,28). The maximum atomic E-state index is 12.8. The number of hydrogen-bond acceptors (Lipinski definition) is 3. The van der Waals surface area contributed by atoms with Crippen LogP contribution in [0.3, 0.4) is 0 Å². The van der Waals surface area contributed by atoms with Gasteiger partial charge >= 0.3 is 0 Å². The Bertz CT molecular complexity index is 911. The van der Waals surface area contributed by atoms with Crippen molar-refractivity contribution in [2.24, 2.45) is 5.73 Å². The predicted octanol–water partition coefficient (Wildman–Crippen LogP) is 3.68.